The van der Waals surface area contributed by atoms with E-state index in [0.717, 1.165) is 29.1 Å². The van der Waals surface area contributed by atoms with Crippen molar-refractivity contribution >= 4 is 15.9 Å². The predicted octanol–water partition coefficient (Wildman–Crippen LogP) is 2.38. The Balaban J connectivity index is 2.13. The zero-order valence-electron chi connectivity index (χ0n) is 8.37. The second-order valence-electron chi connectivity index (χ2n) is 3.71. The fourth-order valence-electron chi connectivity index (χ4n) is 1.91. The van der Waals surface area contributed by atoms with E-state index in [1.54, 1.807) is 12.1 Å². The first-order valence-electron chi connectivity index (χ1n) is 4.98. The maximum absolute atomic E-state index is 12.8. The molecule has 0 unspecified atom stereocenters. The normalized spacial score (nSPS) is 14.1. The number of aromatic nitrogens is 2. The molecule has 2 aromatic rings. The highest BCUT2D eigenvalue weighted by molar-refractivity contribution is 9.10. The first kappa shape index (κ1) is 9.99. The van der Waals surface area contributed by atoms with Gasteiger partial charge in [0.1, 0.15) is 10.4 Å². The SMILES string of the molecule is Fc1ccc(-n2nc(Br)c3c2CNC3)cc1. The van der Waals surface area contributed by atoms with Gasteiger partial charge in [0, 0.05) is 18.7 Å². The molecule has 16 heavy (non-hydrogen) atoms. The number of fused-ring (bicyclic) bond motifs is 1. The minimum Gasteiger partial charge on any atom is -0.307 e. The lowest BCUT2D eigenvalue weighted by Gasteiger charge is -2.04. The van der Waals surface area contributed by atoms with E-state index >= 15 is 0 Å². The van der Waals surface area contributed by atoms with Crippen LogP contribution in [0.25, 0.3) is 5.69 Å². The molecule has 0 atom stereocenters. The Morgan fingerprint density at radius 3 is 2.75 bits per heavy atom. The third-order valence-electron chi connectivity index (χ3n) is 2.71. The molecule has 82 valence electrons. The van der Waals surface area contributed by atoms with E-state index in [2.05, 4.69) is 26.3 Å². The molecule has 1 aliphatic rings. The van der Waals surface area contributed by atoms with Gasteiger partial charge in [-0.05, 0) is 40.2 Å². The molecule has 1 aromatic carbocycles. The topological polar surface area (TPSA) is 29.9 Å². The van der Waals surface area contributed by atoms with Gasteiger partial charge < -0.3 is 5.32 Å². The van der Waals surface area contributed by atoms with Crippen molar-refractivity contribution in [2.75, 3.05) is 0 Å². The summed E-state index contributed by atoms with van der Waals surface area (Å²) in [5, 5.41) is 7.67. The summed E-state index contributed by atoms with van der Waals surface area (Å²) in [7, 11) is 0. The van der Waals surface area contributed by atoms with E-state index in [4.69, 9.17) is 0 Å². The summed E-state index contributed by atoms with van der Waals surface area (Å²) in [5.74, 6) is -0.232. The Labute approximate surface area is 100 Å². The maximum atomic E-state index is 12.8. The molecule has 3 nitrogen and oxygen atoms in total. The van der Waals surface area contributed by atoms with Crippen LogP contribution in [-0.4, -0.2) is 9.78 Å². The Kier molecular flexibility index (Phi) is 2.29. The number of hydrogen-bond acceptors (Lipinski definition) is 2. The average Bonchev–Trinajstić information content (AvgIpc) is 2.84. The Morgan fingerprint density at radius 2 is 2.00 bits per heavy atom. The summed E-state index contributed by atoms with van der Waals surface area (Å²) in [5.41, 5.74) is 3.20. The largest absolute Gasteiger partial charge is 0.307 e. The fraction of sp³-hybridized carbons (Fsp3) is 0.182. The lowest BCUT2D eigenvalue weighted by atomic mass is 10.3. The van der Waals surface area contributed by atoms with E-state index in [1.165, 1.54) is 17.7 Å². The molecule has 5 heteroatoms. The molecule has 0 bridgehead atoms. The Hall–Kier alpha value is -1.20. The predicted molar refractivity (Wildman–Crippen MR) is 61.8 cm³/mol. The molecule has 2 heterocycles. The summed E-state index contributed by atoms with van der Waals surface area (Å²) in [6, 6.07) is 6.35. The van der Waals surface area contributed by atoms with Crippen LogP contribution in [0.2, 0.25) is 0 Å². The van der Waals surface area contributed by atoms with Crippen molar-refractivity contribution in [2.24, 2.45) is 0 Å². The molecule has 0 spiro atoms. The number of nitrogens with zero attached hydrogens (tertiary/aromatic N) is 2. The van der Waals surface area contributed by atoms with E-state index < -0.39 is 0 Å². The molecule has 1 aliphatic heterocycles. The molecular weight excluding hydrogens is 273 g/mol. The van der Waals surface area contributed by atoms with Crippen molar-refractivity contribution in [1.82, 2.24) is 15.1 Å². The first-order valence-corrected chi connectivity index (χ1v) is 5.78. The van der Waals surface area contributed by atoms with Crippen LogP contribution >= 0.6 is 15.9 Å². The minimum absolute atomic E-state index is 0.232. The lowest BCUT2D eigenvalue weighted by molar-refractivity contribution is 0.626. The van der Waals surface area contributed by atoms with Gasteiger partial charge in [-0.2, -0.15) is 5.10 Å². The van der Waals surface area contributed by atoms with Crippen molar-refractivity contribution < 1.29 is 4.39 Å². The number of hydrogen-bond donors (Lipinski definition) is 1. The Bertz CT molecular complexity index is 533. The molecule has 0 saturated heterocycles. The van der Waals surface area contributed by atoms with Crippen LogP contribution in [0.1, 0.15) is 11.3 Å². The van der Waals surface area contributed by atoms with E-state index in [9.17, 15) is 4.39 Å². The number of halogens is 2. The molecule has 1 aromatic heterocycles. The van der Waals surface area contributed by atoms with Crippen molar-refractivity contribution in [2.45, 2.75) is 13.1 Å². The third-order valence-corrected chi connectivity index (χ3v) is 3.34. The van der Waals surface area contributed by atoms with Crippen molar-refractivity contribution in [3.05, 3.63) is 45.9 Å². The summed E-state index contributed by atoms with van der Waals surface area (Å²) < 4.78 is 15.5. The Morgan fingerprint density at radius 1 is 1.25 bits per heavy atom. The average molecular weight is 282 g/mol. The van der Waals surface area contributed by atoms with Gasteiger partial charge in [0.2, 0.25) is 0 Å². The van der Waals surface area contributed by atoms with E-state index in [0.29, 0.717) is 0 Å². The molecule has 0 amide bonds. The van der Waals surface area contributed by atoms with Gasteiger partial charge in [0.15, 0.2) is 0 Å². The highest BCUT2D eigenvalue weighted by Gasteiger charge is 2.21. The summed E-state index contributed by atoms with van der Waals surface area (Å²) >= 11 is 3.43. The molecule has 0 fully saturated rings. The molecule has 1 N–H and O–H groups in total. The smallest absolute Gasteiger partial charge is 0.133 e. The van der Waals surface area contributed by atoms with Crippen molar-refractivity contribution in [3.8, 4) is 5.69 Å². The van der Waals surface area contributed by atoms with Crippen LogP contribution in [0.5, 0.6) is 0 Å². The van der Waals surface area contributed by atoms with E-state index in [1.807, 2.05) is 4.68 Å². The van der Waals surface area contributed by atoms with Gasteiger partial charge in [-0.15, -0.1) is 0 Å². The van der Waals surface area contributed by atoms with Crippen molar-refractivity contribution in [3.63, 3.8) is 0 Å². The summed E-state index contributed by atoms with van der Waals surface area (Å²) in [6.45, 7) is 1.63. The number of benzene rings is 1. The molecular formula is C11H9BrFN3. The maximum Gasteiger partial charge on any atom is 0.133 e. The second-order valence-corrected chi connectivity index (χ2v) is 4.46. The zero-order chi connectivity index (χ0) is 11.1. The van der Waals surface area contributed by atoms with E-state index in [-0.39, 0.29) is 5.82 Å². The lowest BCUT2D eigenvalue weighted by Crippen LogP contribution is -2.07. The first-order chi connectivity index (χ1) is 7.75. The molecule has 0 aliphatic carbocycles. The van der Waals surface area contributed by atoms with Crippen LogP contribution in [0, 0.1) is 5.82 Å². The number of nitrogens with one attached hydrogen (secondary N) is 1. The fourth-order valence-corrected chi connectivity index (χ4v) is 2.44. The van der Waals surface area contributed by atoms with Gasteiger partial charge in [-0.1, -0.05) is 0 Å². The van der Waals surface area contributed by atoms with Crippen molar-refractivity contribution in [1.29, 1.82) is 0 Å². The van der Waals surface area contributed by atoms with Gasteiger partial charge in [-0.25, -0.2) is 9.07 Å². The highest BCUT2D eigenvalue weighted by Crippen LogP contribution is 2.26. The standard InChI is InChI=1S/C11H9BrFN3/c12-11-9-5-14-6-10(9)16(15-11)8-3-1-7(13)2-4-8/h1-4,14H,5-6H2. The molecule has 0 radical (unpaired) electrons. The van der Waals surface area contributed by atoms with Crippen LogP contribution in [0.15, 0.2) is 28.9 Å². The number of rotatable bonds is 1. The minimum atomic E-state index is -0.232. The van der Waals surface area contributed by atoms with Gasteiger partial charge in [0.05, 0.1) is 11.4 Å². The monoisotopic (exact) mass is 281 g/mol. The van der Waals surface area contributed by atoms with Crippen LogP contribution < -0.4 is 5.32 Å². The second kappa shape index (κ2) is 3.68. The quantitative estimate of drug-likeness (QED) is 0.870. The van der Waals surface area contributed by atoms with Gasteiger partial charge in [-0.3, -0.25) is 0 Å². The third kappa shape index (κ3) is 1.47. The van der Waals surface area contributed by atoms with Crippen LogP contribution in [-0.2, 0) is 13.1 Å². The van der Waals surface area contributed by atoms with Crippen LogP contribution in [0.3, 0.4) is 0 Å². The molecule has 0 saturated carbocycles. The van der Waals surface area contributed by atoms with Gasteiger partial charge >= 0.3 is 0 Å². The zero-order valence-corrected chi connectivity index (χ0v) is 9.96. The summed E-state index contributed by atoms with van der Waals surface area (Å²) in [4.78, 5) is 0. The molecule has 3 rings (SSSR count). The van der Waals surface area contributed by atoms with Gasteiger partial charge in [0.25, 0.3) is 0 Å². The highest BCUT2D eigenvalue weighted by atomic mass is 79.9. The summed E-state index contributed by atoms with van der Waals surface area (Å²) in [6.07, 6.45) is 0. The van der Waals surface area contributed by atoms with Crippen LogP contribution in [0.4, 0.5) is 4.39 Å².